The number of aliphatic imine (C=N–C) groups is 1. The van der Waals surface area contributed by atoms with Gasteiger partial charge in [-0.15, -0.1) is 0 Å². The van der Waals surface area contributed by atoms with Gasteiger partial charge in [0.2, 0.25) is 0 Å². The van der Waals surface area contributed by atoms with E-state index in [9.17, 15) is 4.79 Å². The van der Waals surface area contributed by atoms with Crippen molar-refractivity contribution in [3.63, 3.8) is 0 Å². The van der Waals surface area contributed by atoms with Gasteiger partial charge in [0, 0.05) is 59.6 Å². The Morgan fingerprint density at radius 3 is 2.52 bits per heavy atom. The molecule has 1 amide bonds. The monoisotopic (exact) mass is 369 g/mol. The number of furan rings is 1. The molecule has 0 radical (unpaired) electrons. The summed E-state index contributed by atoms with van der Waals surface area (Å²) in [6, 6.07) is 11.9. The van der Waals surface area contributed by atoms with Crippen molar-refractivity contribution in [2.75, 3.05) is 52.2 Å². The van der Waals surface area contributed by atoms with Crippen LogP contribution in [-0.4, -0.2) is 69.0 Å². The number of carbonyl (C=O) groups is 1. The van der Waals surface area contributed by atoms with Crippen LogP contribution in [0.2, 0.25) is 0 Å². The van der Waals surface area contributed by atoms with Crippen LogP contribution in [0.3, 0.4) is 0 Å². The van der Waals surface area contributed by atoms with Gasteiger partial charge >= 0.3 is 0 Å². The van der Waals surface area contributed by atoms with Crippen molar-refractivity contribution in [1.29, 1.82) is 0 Å². The van der Waals surface area contributed by atoms with Crippen molar-refractivity contribution in [2.24, 2.45) is 4.99 Å². The van der Waals surface area contributed by atoms with Gasteiger partial charge in [-0.3, -0.25) is 9.79 Å². The van der Waals surface area contributed by atoms with Gasteiger partial charge in [0.25, 0.3) is 5.91 Å². The van der Waals surface area contributed by atoms with Crippen molar-refractivity contribution in [2.45, 2.75) is 6.54 Å². The number of amides is 1. The van der Waals surface area contributed by atoms with E-state index in [1.807, 2.05) is 19.0 Å². The first-order valence-corrected chi connectivity index (χ1v) is 9.13. The number of piperazine rings is 1. The number of guanidine groups is 1. The van der Waals surface area contributed by atoms with E-state index >= 15 is 0 Å². The third-order valence-electron chi connectivity index (χ3n) is 4.69. The Bertz CT molecular complexity index is 777. The van der Waals surface area contributed by atoms with Gasteiger partial charge in [-0.05, 0) is 29.8 Å². The van der Waals surface area contributed by atoms with E-state index in [1.54, 1.807) is 19.2 Å². The highest BCUT2D eigenvalue weighted by Crippen LogP contribution is 2.14. The van der Waals surface area contributed by atoms with Gasteiger partial charge < -0.3 is 24.4 Å². The molecule has 0 spiro atoms. The second-order valence-corrected chi connectivity index (χ2v) is 6.72. The molecule has 2 aromatic rings. The van der Waals surface area contributed by atoms with Crippen LogP contribution >= 0.6 is 0 Å². The summed E-state index contributed by atoms with van der Waals surface area (Å²) < 4.78 is 5.21. The molecule has 0 bridgehead atoms. The van der Waals surface area contributed by atoms with Crippen LogP contribution in [0, 0.1) is 0 Å². The van der Waals surface area contributed by atoms with Crippen molar-refractivity contribution >= 4 is 17.6 Å². The first-order valence-electron chi connectivity index (χ1n) is 9.13. The standard InChI is InChI=1S/C20H27N5O2/c1-21-20(22-15-16-6-4-7-17(14-16)23(2)3)25-11-9-24(10-12-25)19(26)18-8-5-13-27-18/h4-8,13-14H,9-12,15H2,1-3H3,(H,21,22). The molecule has 0 unspecified atom stereocenters. The molecule has 1 aromatic heterocycles. The summed E-state index contributed by atoms with van der Waals surface area (Å²) >= 11 is 0. The van der Waals surface area contributed by atoms with Crippen LogP contribution in [-0.2, 0) is 6.54 Å². The third kappa shape index (κ3) is 4.61. The van der Waals surface area contributed by atoms with E-state index < -0.39 is 0 Å². The Balaban J connectivity index is 1.53. The fourth-order valence-electron chi connectivity index (χ4n) is 3.14. The Hall–Kier alpha value is -2.96. The summed E-state index contributed by atoms with van der Waals surface area (Å²) in [5, 5.41) is 3.43. The van der Waals surface area contributed by atoms with Gasteiger partial charge in [0.1, 0.15) is 0 Å². The van der Waals surface area contributed by atoms with Gasteiger partial charge in [-0.2, -0.15) is 0 Å². The molecule has 27 heavy (non-hydrogen) atoms. The molecule has 1 fully saturated rings. The lowest BCUT2D eigenvalue weighted by Crippen LogP contribution is -2.53. The summed E-state index contributed by atoms with van der Waals surface area (Å²) in [6.07, 6.45) is 1.53. The molecule has 0 aliphatic carbocycles. The Morgan fingerprint density at radius 1 is 1.15 bits per heavy atom. The molecule has 7 heteroatoms. The Morgan fingerprint density at radius 2 is 1.89 bits per heavy atom. The summed E-state index contributed by atoms with van der Waals surface area (Å²) in [7, 11) is 5.86. The molecule has 144 valence electrons. The van der Waals surface area contributed by atoms with E-state index in [0.29, 0.717) is 25.4 Å². The normalized spacial score (nSPS) is 15.0. The third-order valence-corrected chi connectivity index (χ3v) is 4.69. The average Bonchev–Trinajstić information content (AvgIpc) is 3.23. The number of nitrogens with one attached hydrogen (secondary N) is 1. The number of anilines is 1. The Kier molecular flexibility index (Phi) is 6.01. The van der Waals surface area contributed by atoms with Gasteiger partial charge in [0.05, 0.1) is 6.26 Å². The summed E-state index contributed by atoms with van der Waals surface area (Å²) in [4.78, 5) is 22.9. The molecule has 1 saturated heterocycles. The van der Waals surface area contributed by atoms with Gasteiger partial charge in [-0.25, -0.2) is 0 Å². The molecular formula is C20H27N5O2. The smallest absolute Gasteiger partial charge is 0.289 e. The van der Waals surface area contributed by atoms with E-state index in [1.165, 1.54) is 17.5 Å². The lowest BCUT2D eigenvalue weighted by molar-refractivity contribution is 0.0657. The molecule has 1 aliphatic rings. The maximum atomic E-state index is 12.4. The topological polar surface area (TPSA) is 64.3 Å². The minimum atomic E-state index is -0.0527. The molecule has 0 saturated carbocycles. The van der Waals surface area contributed by atoms with Gasteiger partial charge in [0.15, 0.2) is 11.7 Å². The highest BCUT2D eigenvalue weighted by atomic mass is 16.3. The van der Waals surface area contributed by atoms with Crippen LogP contribution in [0.25, 0.3) is 0 Å². The largest absolute Gasteiger partial charge is 0.459 e. The highest BCUT2D eigenvalue weighted by Gasteiger charge is 2.25. The number of rotatable bonds is 4. The number of hydrogen-bond donors (Lipinski definition) is 1. The molecule has 2 heterocycles. The molecule has 1 aromatic carbocycles. The zero-order chi connectivity index (χ0) is 19.2. The van der Waals surface area contributed by atoms with Crippen LogP contribution in [0.15, 0.2) is 52.1 Å². The predicted molar refractivity (Wildman–Crippen MR) is 107 cm³/mol. The molecule has 1 N–H and O–H groups in total. The SMILES string of the molecule is CN=C(NCc1cccc(N(C)C)c1)N1CCN(C(=O)c2ccco2)CC1. The lowest BCUT2D eigenvalue weighted by atomic mass is 10.2. The lowest BCUT2D eigenvalue weighted by Gasteiger charge is -2.36. The first-order chi connectivity index (χ1) is 13.1. The number of nitrogens with zero attached hydrogens (tertiary/aromatic N) is 4. The minimum absolute atomic E-state index is 0.0527. The molecule has 1 aliphatic heterocycles. The second-order valence-electron chi connectivity index (χ2n) is 6.72. The fraction of sp³-hybridized carbons (Fsp3) is 0.400. The molecule has 7 nitrogen and oxygen atoms in total. The van der Waals surface area contributed by atoms with E-state index in [-0.39, 0.29) is 5.91 Å². The van der Waals surface area contributed by atoms with Crippen molar-refractivity contribution in [3.05, 3.63) is 54.0 Å². The number of benzene rings is 1. The van der Waals surface area contributed by atoms with Crippen LogP contribution < -0.4 is 10.2 Å². The Labute approximate surface area is 160 Å². The summed E-state index contributed by atoms with van der Waals surface area (Å²) in [5.74, 6) is 1.20. The highest BCUT2D eigenvalue weighted by molar-refractivity contribution is 5.91. The molecule has 3 rings (SSSR count). The quantitative estimate of drug-likeness (QED) is 0.659. The van der Waals surface area contributed by atoms with Gasteiger partial charge in [-0.1, -0.05) is 12.1 Å². The second kappa shape index (κ2) is 8.62. The first kappa shape index (κ1) is 18.8. The van der Waals surface area contributed by atoms with Crippen LogP contribution in [0.1, 0.15) is 16.1 Å². The minimum Gasteiger partial charge on any atom is -0.459 e. The zero-order valence-corrected chi connectivity index (χ0v) is 16.2. The summed E-state index contributed by atoms with van der Waals surface area (Å²) in [6.45, 7) is 3.49. The maximum Gasteiger partial charge on any atom is 0.289 e. The van der Waals surface area contributed by atoms with Crippen molar-refractivity contribution in [1.82, 2.24) is 15.1 Å². The molecular weight excluding hydrogens is 342 g/mol. The van der Waals surface area contributed by atoms with E-state index in [4.69, 9.17) is 4.42 Å². The van der Waals surface area contributed by atoms with Crippen LogP contribution in [0.4, 0.5) is 5.69 Å². The van der Waals surface area contributed by atoms with Crippen molar-refractivity contribution in [3.8, 4) is 0 Å². The number of hydrogen-bond acceptors (Lipinski definition) is 4. The van der Waals surface area contributed by atoms with E-state index in [2.05, 4.69) is 44.4 Å². The predicted octanol–water partition coefficient (Wildman–Crippen LogP) is 1.88. The fourth-order valence-corrected chi connectivity index (χ4v) is 3.14. The van der Waals surface area contributed by atoms with E-state index in [0.717, 1.165) is 19.0 Å². The van der Waals surface area contributed by atoms with Crippen molar-refractivity contribution < 1.29 is 9.21 Å². The number of carbonyl (C=O) groups excluding carboxylic acids is 1. The zero-order valence-electron chi connectivity index (χ0n) is 16.2. The average molecular weight is 369 g/mol. The molecule has 0 atom stereocenters. The maximum absolute atomic E-state index is 12.4. The summed E-state index contributed by atoms with van der Waals surface area (Å²) in [5.41, 5.74) is 2.38. The van der Waals surface area contributed by atoms with Crippen LogP contribution in [0.5, 0.6) is 0 Å².